The van der Waals surface area contributed by atoms with Gasteiger partial charge in [0.2, 0.25) is 0 Å². The number of aromatic nitrogens is 1. The van der Waals surface area contributed by atoms with Gasteiger partial charge < -0.3 is 10.2 Å². The van der Waals surface area contributed by atoms with Crippen LogP contribution in [0.5, 0.6) is 0 Å². The lowest BCUT2D eigenvalue weighted by molar-refractivity contribution is 0.728. The minimum atomic E-state index is 0.911. The third kappa shape index (κ3) is 2.51. The number of benzene rings is 1. The van der Waals surface area contributed by atoms with Gasteiger partial charge in [-0.25, -0.2) is 4.98 Å². The predicted octanol–water partition coefficient (Wildman–Crippen LogP) is 2.73. The summed E-state index contributed by atoms with van der Waals surface area (Å²) in [5.74, 6) is 0. The fraction of sp³-hybridized carbons (Fsp3) is 0.400. The summed E-state index contributed by atoms with van der Waals surface area (Å²) < 4.78 is 0. The van der Waals surface area contributed by atoms with Gasteiger partial charge in [-0.15, -0.1) is 11.3 Å². The number of nitrogens with one attached hydrogen (secondary N) is 1. The molecule has 0 unspecified atom stereocenters. The molecule has 3 rings (SSSR count). The molecule has 19 heavy (non-hydrogen) atoms. The zero-order valence-electron chi connectivity index (χ0n) is 11.4. The van der Waals surface area contributed by atoms with Crippen molar-refractivity contribution >= 4 is 16.5 Å². The first-order valence-corrected chi connectivity index (χ1v) is 7.52. The lowest BCUT2D eigenvalue weighted by Gasteiger charge is -2.28. The summed E-state index contributed by atoms with van der Waals surface area (Å²) in [4.78, 5) is 8.48. The molecule has 0 spiro atoms. The summed E-state index contributed by atoms with van der Waals surface area (Å²) in [6.07, 6.45) is 1.12. The van der Waals surface area contributed by atoms with Crippen LogP contribution in [-0.4, -0.2) is 18.6 Å². The zero-order chi connectivity index (χ0) is 13.2. The molecule has 1 aliphatic rings. The maximum Gasteiger partial charge on any atom is 0.186 e. The Bertz CT molecular complexity index is 577. The second-order valence-corrected chi connectivity index (χ2v) is 6.04. The lowest BCUT2D eigenvalue weighted by Crippen LogP contribution is -2.30. The van der Waals surface area contributed by atoms with Crippen LogP contribution in [0.1, 0.15) is 21.7 Å². The summed E-state index contributed by atoms with van der Waals surface area (Å²) in [7, 11) is 1.98. The Morgan fingerprint density at radius 2 is 2.11 bits per heavy atom. The van der Waals surface area contributed by atoms with Crippen molar-refractivity contribution in [2.75, 3.05) is 18.5 Å². The van der Waals surface area contributed by atoms with Crippen LogP contribution in [-0.2, 0) is 19.5 Å². The number of hydrogen-bond acceptors (Lipinski definition) is 4. The molecule has 0 bridgehead atoms. The molecule has 0 radical (unpaired) electrons. The Labute approximate surface area is 118 Å². The first-order chi connectivity index (χ1) is 9.28. The second kappa shape index (κ2) is 5.31. The highest BCUT2D eigenvalue weighted by molar-refractivity contribution is 7.15. The highest BCUT2D eigenvalue weighted by Gasteiger charge is 2.19. The van der Waals surface area contributed by atoms with Crippen molar-refractivity contribution in [1.29, 1.82) is 0 Å². The van der Waals surface area contributed by atoms with E-state index in [9.17, 15) is 0 Å². The fourth-order valence-corrected chi connectivity index (χ4v) is 3.63. The van der Waals surface area contributed by atoms with Crippen molar-refractivity contribution in [2.24, 2.45) is 0 Å². The van der Waals surface area contributed by atoms with Crippen molar-refractivity contribution < 1.29 is 0 Å². The van der Waals surface area contributed by atoms with Crippen molar-refractivity contribution in [3.05, 3.63) is 46.0 Å². The Morgan fingerprint density at radius 3 is 2.89 bits per heavy atom. The maximum absolute atomic E-state index is 4.73. The molecule has 100 valence electrons. The van der Waals surface area contributed by atoms with Gasteiger partial charge >= 0.3 is 0 Å². The van der Waals surface area contributed by atoms with Gasteiger partial charge in [-0.05, 0) is 31.5 Å². The Balaban J connectivity index is 1.83. The van der Waals surface area contributed by atoms with Gasteiger partial charge in [0.25, 0.3) is 0 Å². The first-order valence-electron chi connectivity index (χ1n) is 6.70. The molecule has 0 saturated heterocycles. The summed E-state index contributed by atoms with van der Waals surface area (Å²) in [5, 5.41) is 4.37. The fourth-order valence-electron chi connectivity index (χ4n) is 2.53. The largest absolute Gasteiger partial charge is 0.343 e. The van der Waals surface area contributed by atoms with E-state index in [2.05, 4.69) is 41.4 Å². The van der Waals surface area contributed by atoms with Crippen LogP contribution in [0, 0.1) is 6.92 Å². The van der Waals surface area contributed by atoms with Crippen LogP contribution in [0.4, 0.5) is 5.13 Å². The minimum Gasteiger partial charge on any atom is -0.343 e. The van der Waals surface area contributed by atoms with Gasteiger partial charge in [0, 0.05) is 24.5 Å². The highest BCUT2D eigenvalue weighted by atomic mass is 32.1. The molecule has 2 aromatic rings. The Hall–Kier alpha value is -1.39. The Kier molecular flexibility index (Phi) is 3.53. The second-order valence-electron chi connectivity index (χ2n) is 4.98. The molecule has 0 amide bonds. The summed E-state index contributed by atoms with van der Waals surface area (Å²) in [5.41, 5.74) is 4.09. The van der Waals surface area contributed by atoms with E-state index in [0.29, 0.717) is 0 Å². The molecular formula is C15H19N3S. The molecule has 1 aromatic carbocycles. The van der Waals surface area contributed by atoms with Crippen LogP contribution >= 0.6 is 11.3 Å². The van der Waals surface area contributed by atoms with E-state index in [1.165, 1.54) is 16.0 Å². The third-order valence-corrected chi connectivity index (χ3v) is 4.84. The molecule has 1 aliphatic heterocycles. The number of rotatable bonds is 3. The predicted molar refractivity (Wildman–Crippen MR) is 80.8 cm³/mol. The zero-order valence-corrected chi connectivity index (χ0v) is 12.3. The molecule has 0 atom stereocenters. The molecule has 1 aromatic heterocycles. The van der Waals surface area contributed by atoms with E-state index < -0.39 is 0 Å². The molecule has 2 heterocycles. The maximum atomic E-state index is 4.73. The smallest absolute Gasteiger partial charge is 0.186 e. The minimum absolute atomic E-state index is 0.911. The van der Waals surface area contributed by atoms with Crippen LogP contribution < -0.4 is 10.2 Å². The van der Waals surface area contributed by atoms with Crippen LogP contribution in [0.3, 0.4) is 0 Å². The molecule has 0 fully saturated rings. The number of anilines is 1. The first kappa shape index (κ1) is 12.6. The molecule has 1 N–H and O–H groups in total. The van der Waals surface area contributed by atoms with Crippen molar-refractivity contribution in [1.82, 2.24) is 10.3 Å². The topological polar surface area (TPSA) is 28.2 Å². The SMILES string of the molecule is CNCc1sc(N2CCc3ccccc3C2)nc1C. The van der Waals surface area contributed by atoms with Crippen molar-refractivity contribution in [2.45, 2.75) is 26.4 Å². The van der Waals surface area contributed by atoms with E-state index in [0.717, 1.165) is 36.9 Å². The van der Waals surface area contributed by atoms with E-state index in [1.54, 1.807) is 0 Å². The molecule has 0 saturated carbocycles. The normalized spacial score (nSPS) is 14.5. The van der Waals surface area contributed by atoms with Crippen LogP contribution in [0.15, 0.2) is 24.3 Å². The number of nitrogens with zero attached hydrogens (tertiary/aromatic N) is 2. The Morgan fingerprint density at radius 1 is 1.32 bits per heavy atom. The van der Waals surface area contributed by atoms with E-state index in [4.69, 9.17) is 4.98 Å². The quantitative estimate of drug-likeness (QED) is 0.932. The standard InChI is InChI=1S/C15H19N3S/c1-11-14(9-16-2)19-15(17-11)18-8-7-12-5-3-4-6-13(12)10-18/h3-6,16H,7-10H2,1-2H3. The van der Waals surface area contributed by atoms with Crippen LogP contribution in [0.25, 0.3) is 0 Å². The van der Waals surface area contributed by atoms with Gasteiger partial charge in [-0.2, -0.15) is 0 Å². The van der Waals surface area contributed by atoms with Gasteiger partial charge in [0.05, 0.1) is 5.69 Å². The number of hydrogen-bond donors (Lipinski definition) is 1. The average Bonchev–Trinajstić information content (AvgIpc) is 2.80. The van der Waals surface area contributed by atoms with E-state index in [-0.39, 0.29) is 0 Å². The number of aryl methyl sites for hydroxylation is 1. The monoisotopic (exact) mass is 273 g/mol. The highest BCUT2D eigenvalue weighted by Crippen LogP contribution is 2.30. The van der Waals surface area contributed by atoms with Crippen molar-refractivity contribution in [3.63, 3.8) is 0 Å². The molecule has 4 heteroatoms. The molecule has 0 aliphatic carbocycles. The average molecular weight is 273 g/mol. The molecule has 3 nitrogen and oxygen atoms in total. The summed E-state index contributed by atoms with van der Waals surface area (Å²) in [6, 6.07) is 8.73. The summed E-state index contributed by atoms with van der Waals surface area (Å²) in [6.45, 7) is 5.07. The third-order valence-electron chi connectivity index (χ3n) is 3.62. The number of thiazole rings is 1. The lowest BCUT2D eigenvalue weighted by atomic mass is 10.0. The van der Waals surface area contributed by atoms with Crippen molar-refractivity contribution in [3.8, 4) is 0 Å². The van der Waals surface area contributed by atoms with Gasteiger partial charge in [0.1, 0.15) is 0 Å². The van der Waals surface area contributed by atoms with Gasteiger partial charge in [-0.3, -0.25) is 0 Å². The van der Waals surface area contributed by atoms with Gasteiger partial charge in [0.15, 0.2) is 5.13 Å². The molecular weight excluding hydrogens is 254 g/mol. The van der Waals surface area contributed by atoms with E-state index >= 15 is 0 Å². The number of fused-ring (bicyclic) bond motifs is 1. The summed E-state index contributed by atoms with van der Waals surface area (Å²) >= 11 is 1.82. The van der Waals surface area contributed by atoms with E-state index in [1.807, 2.05) is 18.4 Å². The van der Waals surface area contributed by atoms with Gasteiger partial charge in [-0.1, -0.05) is 24.3 Å². The van der Waals surface area contributed by atoms with Crippen LogP contribution in [0.2, 0.25) is 0 Å².